The van der Waals surface area contributed by atoms with Crippen molar-refractivity contribution in [2.45, 2.75) is 26.7 Å². The Kier molecular flexibility index (Phi) is 4.32. The standard InChI is InChI=1S/C16H20N6S2/c1-3-4-12-9-13-14(17-10-18-15(13)24-12)21-5-7-22(8-6-21)16-20-19-11(2)23-16/h9-10H,3-8H2,1-2H3. The summed E-state index contributed by atoms with van der Waals surface area (Å²) in [6.07, 6.45) is 3.98. The highest BCUT2D eigenvalue weighted by atomic mass is 32.1. The second-order valence-electron chi connectivity index (χ2n) is 5.96. The summed E-state index contributed by atoms with van der Waals surface area (Å²) in [5.74, 6) is 1.08. The van der Waals surface area contributed by atoms with E-state index in [0.29, 0.717) is 0 Å². The molecule has 6 nitrogen and oxygen atoms in total. The summed E-state index contributed by atoms with van der Waals surface area (Å²) >= 11 is 3.46. The third kappa shape index (κ3) is 2.95. The zero-order chi connectivity index (χ0) is 16.5. The lowest BCUT2D eigenvalue weighted by atomic mass is 10.2. The van der Waals surface area contributed by atoms with Gasteiger partial charge in [-0.05, 0) is 19.4 Å². The maximum Gasteiger partial charge on any atom is 0.208 e. The number of aromatic nitrogens is 4. The van der Waals surface area contributed by atoms with Crippen LogP contribution in [0.5, 0.6) is 0 Å². The minimum absolute atomic E-state index is 0.948. The molecule has 3 aromatic heterocycles. The van der Waals surface area contributed by atoms with Crippen LogP contribution in [0.15, 0.2) is 12.4 Å². The van der Waals surface area contributed by atoms with Crippen molar-refractivity contribution in [1.82, 2.24) is 20.2 Å². The van der Waals surface area contributed by atoms with Crippen LogP contribution < -0.4 is 9.80 Å². The maximum atomic E-state index is 4.58. The van der Waals surface area contributed by atoms with E-state index in [4.69, 9.17) is 0 Å². The molecular weight excluding hydrogens is 340 g/mol. The van der Waals surface area contributed by atoms with Gasteiger partial charge in [-0.1, -0.05) is 24.7 Å². The number of piperazine rings is 1. The van der Waals surface area contributed by atoms with Gasteiger partial charge in [0.15, 0.2) is 0 Å². The summed E-state index contributed by atoms with van der Waals surface area (Å²) in [6.45, 7) is 8.01. The quantitative estimate of drug-likeness (QED) is 0.712. The molecule has 0 N–H and O–H groups in total. The molecule has 0 aromatic carbocycles. The van der Waals surface area contributed by atoms with Crippen molar-refractivity contribution in [3.05, 3.63) is 22.3 Å². The van der Waals surface area contributed by atoms with Gasteiger partial charge in [0.05, 0.1) is 5.39 Å². The lowest BCUT2D eigenvalue weighted by molar-refractivity contribution is 0.645. The second kappa shape index (κ2) is 6.60. The largest absolute Gasteiger partial charge is 0.352 e. The van der Waals surface area contributed by atoms with E-state index in [0.717, 1.165) is 59.8 Å². The highest BCUT2D eigenvalue weighted by Gasteiger charge is 2.22. The van der Waals surface area contributed by atoms with Crippen molar-refractivity contribution in [2.75, 3.05) is 36.0 Å². The van der Waals surface area contributed by atoms with E-state index in [-0.39, 0.29) is 0 Å². The van der Waals surface area contributed by atoms with E-state index in [1.54, 1.807) is 29.0 Å². The van der Waals surface area contributed by atoms with Crippen molar-refractivity contribution in [3.8, 4) is 0 Å². The Morgan fingerprint density at radius 2 is 1.83 bits per heavy atom. The van der Waals surface area contributed by atoms with E-state index in [2.05, 4.69) is 43.0 Å². The van der Waals surface area contributed by atoms with Crippen LogP contribution in [0.1, 0.15) is 23.2 Å². The summed E-state index contributed by atoms with van der Waals surface area (Å²) in [5, 5.41) is 11.6. The summed E-state index contributed by atoms with van der Waals surface area (Å²) in [4.78, 5) is 16.2. The number of hydrogen-bond donors (Lipinski definition) is 0. The molecule has 1 aliphatic rings. The highest BCUT2D eigenvalue weighted by Crippen LogP contribution is 2.32. The summed E-state index contributed by atoms with van der Waals surface area (Å²) in [5.41, 5.74) is 0. The van der Waals surface area contributed by atoms with E-state index < -0.39 is 0 Å². The summed E-state index contributed by atoms with van der Waals surface area (Å²) in [7, 11) is 0. The molecule has 8 heteroatoms. The predicted molar refractivity (Wildman–Crippen MR) is 100 cm³/mol. The Hall–Kier alpha value is -1.80. The fraction of sp³-hybridized carbons (Fsp3) is 0.500. The minimum atomic E-state index is 0.948. The van der Waals surface area contributed by atoms with E-state index >= 15 is 0 Å². The molecule has 0 saturated carbocycles. The number of nitrogens with zero attached hydrogens (tertiary/aromatic N) is 6. The molecule has 24 heavy (non-hydrogen) atoms. The molecule has 0 unspecified atom stereocenters. The first-order valence-corrected chi connectivity index (χ1v) is 9.91. The Balaban J connectivity index is 1.54. The van der Waals surface area contributed by atoms with Crippen molar-refractivity contribution in [1.29, 1.82) is 0 Å². The summed E-state index contributed by atoms with van der Waals surface area (Å²) in [6, 6.07) is 2.28. The van der Waals surface area contributed by atoms with Gasteiger partial charge < -0.3 is 9.80 Å². The SMILES string of the molecule is CCCc1cc2c(N3CCN(c4nnc(C)s4)CC3)ncnc2s1. The van der Waals surface area contributed by atoms with Crippen LogP contribution in [-0.4, -0.2) is 46.3 Å². The molecule has 0 spiro atoms. The highest BCUT2D eigenvalue weighted by molar-refractivity contribution is 7.18. The molecule has 0 bridgehead atoms. The first-order valence-electron chi connectivity index (χ1n) is 8.28. The second-order valence-corrected chi connectivity index (χ2v) is 8.23. The topological polar surface area (TPSA) is 58.0 Å². The molecule has 1 saturated heterocycles. The van der Waals surface area contributed by atoms with Crippen molar-refractivity contribution < 1.29 is 0 Å². The van der Waals surface area contributed by atoms with Gasteiger partial charge in [0.25, 0.3) is 0 Å². The van der Waals surface area contributed by atoms with Gasteiger partial charge in [-0.3, -0.25) is 0 Å². The van der Waals surface area contributed by atoms with Gasteiger partial charge in [0, 0.05) is 31.1 Å². The Morgan fingerprint density at radius 1 is 1.04 bits per heavy atom. The van der Waals surface area contributed by atoms with Gasteiger partial charge in [0.1, 0.15) is 22.0 Å². The van der Waals surface area contributed by atoms with Gasteiger partial charge in [0.2, 0.25) is 5.13 Å². The number of aryl methyl sites for hydroxylation is 2. The van der Waals surface area contributed by atoms with Crippen molar-refractivity contribution >= 4 is 43.8 Å². The Bertz CT molecular complexity index is 834. The van der Waals surface area contributed by atoms with Crippen LogP contribution in [0.2, 0.25) is 0 Å². The van der Waals surface area contributed by atoms with Crippen LogP contribution in [0.3, 0.4) is 0 Å². The van der Waals surface area contributed by atoms with Crippen molar-refractivity contribution in [2.24, 2.45) is 0 Å². The average Bonchev–Trinajstić information content (AvgIpc) is 3.21. The molecule has 3 aromatic rings. The monoisotopic (exact) mass is 360 g/mol. The van der Waals surface area contributed by atoms with Crippen LogP contribution in [0, 0.1) is 6.92 Å². The van der Waals surface area contributed by atoms with E-state index in [1.165, 1.54) is 10.3 Å². The molecule has 0 amide bonds. The summed E-state index contributed by atoms with van der Waals surface area (Å²) < 4.78 is 0. The molecule has 126 valence electrons. The fourth-order valence-corrected chi connectivity index (χ4v) is 4.87. The maximum absolute atomic E-state index is 4.58. The van der Waals surface area contributed by atoms with E-state index in [1.807, 2.05) is 6.92 Å². The zero-order valence-electron chi connectivity index (χ0n) is 13.9. The Labute approximate surface area is 149 Å². The average molecular weight is 361 g/mol. The third-order valence-corrected chi connectivity index (χ3v) is 6.22. The molecule has 4 rings (SSSR count). The third-order valence-electron chi connectivity index (χ3n) is 4.22. The molecule has 0 aliphatic carbocycles. The van der Waals surface area contributed by atoms with Crippen LogP contribution >= 0.6 is 22.7 Å². The molecule has 1 aliphatic heterocycles. The molecule has 0 atom stereocenters. The molecule has 4 heterocycles. The first kappa shape index (κ1) is 15.7. The predicted octanol–water partition coefficient (Wildman–Crippen LogP) is 3.13. The fourth-order valence-electron chi connectivity index (χ4n) is 3.04. The zero-order valence-corrected chi connectivity index (χ0v) is 15.5. The number of fused-ring (bicyclic) bond motifs is 1. The van der Waals surface area contributed by atoms with Gasteiger partial charge >= 0.3 is 0 Å². The van der Waals surface area contributed by atoms with Crippen LogP contribution in [0.4, 0.5) is 10.9 Å². The van der Waals surface area contributed by atoms with Gasteiger partial charge in [-0.25, -0.2) is 9.97 Å². The number of rotatable bonds is 4. The lowest BCUT2D eigenvalue weighted by Crippen LogP contribution is -2.46. The molecule has 1 fully saturated rings. The Morgan fingerprint density at radius 3 is 2.54 bits per heavy atom. The normalized spacial score (nSPS) is 15.4. The number of anilines is 2. The molecular formula is C16H20N6S2. The molecule has 0 radical (unpaired) electrons. The first-order chi connectivity index (χ1) is 11.7. The van der Waals surface area contributed by atoms with Crippen molar-refractivity contribution in [3.63, 3.8) is 0 Å². The minimum Gasteiger partial charge on any atom is -0.352 e. The smallest absolute Gasteiger partial charge is 0.208 e. The van der Waals surface area contributed by atoms with Gasteiger partial charge in [-0.15, -0.1) is 21.5 Å². The lowest BCUT2D eigenvalue weighted by Gasteiger charge is -2.35. The van der Waals surface area contributed by atoms with Gasteiger partial charge in [-0.2, -0.15) is 0 Å². The number of thiophene rings is 1. The van der Waals surface area contributed by atoms with Crippen LogP contribution in [0.25, 0.3) is 10.2 Å². The number of hydrogen-bond acceptors (Lipinski definition) is 8. The van der Waals surface area contributed by atoms with Crippen LogP contribution in [-0.2, 0) is 6.42 Å². The van der Waals surface area contributed by atoms with E-state index in [9.17, 15) is 0 Å².